The molecule has 1 saturated heterocycles. The molecule has 7 heteroatoms. The number of carbonyl (C=O) groups excluding carboxylic acids is 2. The Bertz CT molecular complexity index is 872. The van der Waals surface area contributed by atoms with Crippen LogP contribution in [0.4, 0.5) is 17.2 Å². The van der Waals surface area contributed by atoms with Gasteiger partial charge in [-0.1, -0.05) is 0 Å². The molecule has 1 unspecified atom stereocenters. The maximum absolute atomic E-state index is 12.8. The van der Waals surface area contributed by atoms with Crippen LogP contribution in [-0.2, 0) is 23.1 Å². The van der Waals surface area contributed by atoms with E-state index in [-0.39, 0.29) is 17.9 Å². The van der Waals surface area contributed by atoms with Crippen LogP contribution in [-0.4, -0.2) is 41.2 Å². The van der Waals surface area contributed by atoms with Gasteiger partial charge in [0.1, 0.15) is 11.9 Å². The maximum atomic E-state index is 12.8. The molecule has 3 heterocycles. The van der Waals surface area contributed by atoms with Crippen LogP contribution in [0.15, 0.2) is 24.3 Å². The largest absolute Gasteiger partial charge is 0.374 e. The van der Waals surface area contributed by atoms with Crippen molar-refractivity contribution in [3.8, 4) is 0 Å². The average Bonchev–Trinajstić information content (AvgIpc) is 3.17. The van der Waals surface area contributed by atoms with Crippen LogP contribution in [0.25, 0.3) is 0 Å². The standard InChI is InChI=1S/C18H21N5O2/c1-11-8-16(22(3)20-11)23-7-6-14(18(23)25)19-13-4-5-15-12(9-13)10-17(24)21(15)2/h4-5,8-9,14,19H,6-7,10H2,1-3H3. The fraction of sp³-hybridized carbons (Fsp3) is 0.389. The van der Waals surface area contributed by atoms with Crippen molar-refractivity contribution in [2.24, 2.45) is 7.05 Å². The zero-order valence-corrected chi connectivity index (χ0v) is 14.6. The van der Waals surface area contributed by atoms with E-state index in [1.54, 1.807) is 21.5 Å². The molecule has 1 N–H and O–H groups in total. The van der Waals surface area contributed by atoms with E-state index in [4.69, 9.17) is 0 Å². The predicted octanol–water partition coefficient (Wildman–Crippen LogP) is 1.46. The van der Waals surface area contributed by atoms with Gasteiger partial charge in [0.15, 0.2) is 0 Å². The maximum Gasteiger partial charge on any atom is 0.250 e. The van der Waals surface area contributed by atoms with E-state index in [0.29, 0.717) is 13.0 Å². The van der Waals surface area contributed by atoms with Crippen molar-refractivity contribution in [1.29, 1.82) is 0 Å². The lowest BCUT2D eigenvalue weighted by Crippen LogP contribution is -2.34. The third kappa shape index (κ3) is 2.56. The van der Waals surface area contributed by atoms with E-state index in [9.17, 15) is 9.59 Å². The zero-order chi connectivity index (χ0) is 17.7. The van der Waals surface area contributed by atoms with Gasteiger partial charge in [-0.25, -0.2) is 0 Å². The summed E-state index contributed by atoms with van der Waals surface area (Å²) in [6.07, 6.45) is 1.15. The minimum Gasteiger partial charge on any atom is -0.374 e. The Balaban J connectivity index is 1.51. The lowest BCUT2D eigenvalue weighted by molar-refractivity contribution is -0.118. The first-order valence-corrected chi connectivity index (χ1v) is 8.42. The van der Waals surface area contributed by atoms with Gasteiger partial charge in [-0.2, -0.15) is 5.10 Å². The summed E-state index contributed by atoms with van der Waals surface area (Å²) < 4.78 is 1.74. The van der Waals surface area contributed by atoms with Crippen molar-refractivity contribution in [3.05, 3.63) is 35.5 Å². The third-order valence-corrected chi connectivity index (χ3v) is 4.96. The van der Waals surface area contributed by atoms with Crippen LogP contribution in [0, 0.1) is 6.92 Å². The van der Waals surface area contributed by atoms with Gasteiger partial charge in [0.2, 0.25) is 5.91 Å². The number of hydrogen-bond acceptors (Lipinski definition) is 4. The molecule has 1 aromatic heterocycles. The van der Waals surface area contributed by atoms with Crippen LogP contribution in [0.2, 0.25) is 0 Å². The molecule has 0 radical (unpaired) electrons. The monoisotopic (exact) mass is 339 g/mol. The van der Waals surface area contributed by atoms with Gasteiger partial charge in [-0.3, -0.25) is 19.2 Å². The highest BCUT2D eigenvalue weighted by Gasteiger charge is 2.34. The van der Waals surface area contributed by atoms with Crippen LogP contribution in [0.5, 0.6) is 0 Å². The molecule has 4 rings (SSSR count). The minimum absolute atomic E-state index is 0.0525. The number of amides is 2. The number of likely N-dealkylation sites (N-methyl/N-ethyl adjacent to an activating group) is 1. The second-order valence-corrected chi connectivity index (χ2v) is 6.72. The molecule has 7 nitrogen and oxygen atoms in total. The number of benzene rings is 1. The van der Waals surface area contributed by atoms with Gasteiger partial charge in [-0.15, -0.1) is 0 Å². The fourth-order valence-corrected chi connectivity index (χ4v) is 3.65. The Morgan fingerprint density at radius 2 is 2.00 bits per heavy atom. The van der Waals surface area contributed by atoms with Crippen molar-refractivity contribution in [1.82, 2.24) is 9.78 Å². The third-order valence-electron chi connectivity index (χ3n) is 4.96. The van der Waals surface area contributed by atoms with Gasteiger partial charge in [0.25, 0.3) is 5.91 Å². The Hall–Kier alpha value is -2.83. The Morgan fingerprint density at radius 3 is 2.72 bits per heavy atom. The molecule has 1 aromatic carbocycles. The van der Waals surface area contributed by atoms with Crippen molar-refractivity contribution >= 4 is 29.0 Å². The second kappa shape index (κ2) is 5.61. The summed E-state index contributed by atoms with van der Waals surface area (Å²) in [7, 11) is 3.64. The molecule has 2 aliphatic rings. The molecule has 130 valence electrons. The molecule has 0 aliphatic carbocycles. The van der Waals surface area contributed by atoms with Crippen LogP contribution in [0.1, 0.15) is 17.7 Å². The number of aryl methyl sites for hydroxylation is 2. The Morgan fingerprint density at radius 1 is 1.20 bits per heavy atom. The van der Waals surface area contributed by atoms with Crippen molar-refractivity contribution in [2.45, 2.75) is 25.8 Å². The van der Waals surface area contributed by atoms with E-state index < -0.39 is 0 Å². The molecule has 2 aliphatic heterocycles. The van der Waals surface area contributed by atoms with Crippen molar-refractivity contribution < 1.29 is 9.59 Å². The molecule has 0 bridgehead atoms. The molecule has 0 saturated carbocycles. The number of rotatable bonds is 3. The predicted molar refractivity (Wildman–Crippen MR) is 95.9 cm³/mol. The normalized spacial score (nSPS) is 19.7. The molecular formula is C18H21N5O2. The van der Waals surface area contributed by atoms with Crippen molar-refractivity contribution in [2.75, 3.05) is 28.7 Å². The quantitative estimate of drug-likeness (QED) is 0.919. The summed E-state index contributed by atoms with van der Waals surface area (Å²) in [4.78, 5) is 28.0. The molecule has 2 amide bonds. The highest BCUT2D eigenvalue weighted by Crippen LogP contribution is 2.31. The molecule has 25 heavy (non-hydrogen) atoms. The summed E-state index contributed by atoms with van der Waals surface area (Å²) in [5.41, 5.74) is 3.72. The molecule has 2 aromatic rings. The first-order valence-electron chi connectivity index (χ1n) is 8.42. The number of hydrogen-bond donors (Lipinski definition) is 1. The highest BCUT2D eigenvalue weighted by atomic mass is 16.2. The number of carbonyl (C=O) groups is 2. The summed E-state index contributed by atoms with van der Waals surface area (Å²) in [5.74, 6) is 0.978. The summed E-state index contributed by atoms with van der Waals surface area (Å²) in [6, 6.07) is 7.50. The highest BCUT2D eigenvalue weighted by molar-refractivity contribution is 6.02. The number of nitrogens with zero attached hydrogens (tertiary/aromatic N) is 4. The van der Waals surface area contributed by atoms with E-state index in [0.717, 1.165) is 34.9 Å². The van der Waals surface area contributed by atoms with Gasteiger partial charge in [0, 0.05) is 38.1 Å². The van der Waals surface area contributed by atoms with E-state index in [2.05, 4.69) is 10.4 Å². The second-order valence-electron chi connectivity index (χ2n) is 6.72. The molecule has 1 atom stereocenters. The minimum atomic E-state index is -0.261. The lowest BCUT2D eigenvalue weighted by Gasteiger charge is -2.18. The number of aromatic nitrogens is 2. The Labute approximate surface area is 146 Å². The van der Waals surface area contributed by atoms with E-state index in [1.165, 1.54) is 0 Å². The lowest BCUT2D eigenvalue weighted by atomic mass is 10.1. The number of nitrogens with one attached hydrogen (secondary N) is 1. The zero-order valence-electron chi connectivity index (χ0n) is 14.6. The summed E-state index contributed by atoms with van der Waals surface area (Å²) in [6.45, 7) is 2.59. The van der Waals surface area contributed by atoms with Gasteiger partial charge < -0.3 is 10.2 Å². The molecule has 1 fully saturated rings. The molecular weight excluding hydrogens is 318 g/mol. The van der Waals surface area contributed by atoms with Gasteiger partial charge in [0.05, 0.1) is 12.1 Å². The SMILES string of the molecule is Cc1cc(N2CCC(Nc3ccc4c(c3)CC(=O)N4C)C2=O)n(C)n1. The molecule has 0 spiro atoms. The van der Waals surface area contributed by atoms with Gasteiger partial charge >= 0.3 is 0 Å². The van der Waals surface area contributed by atoms with E-state index in [1.807, 2.05) is 38.2 Å². The number of anilines is 3. The first-order chi connectivity index (χ1) is 11.9. The summed E-state index contributed by atoms with van der Waals surface area (Å²) in [5, 5.41) is 7.64. The van der Waals surface area contributed by atoms with Crippen LogP contribution in [0.3, 0.4) is 0 Å². The van der Waals surface area contributed by atoms with Crippen molar-refractivity contribution in [3.63, 3.8) is 0 Å². The van der Waals surface area contributed by atoms with Crippen LogP contribution < -0.4 is 15.1 Å². The van der Waals surface area contributed by atoms with Gasteiger partial charge in [-0.05, 0) is 37.1 Å². The fourth-order valence-electron chi connectivity index (χ4n) is 3.65. The smallest absolute Gasteiger partial charge is 0.250 e. The average molecular weight is 339 g/mol. The topological polar surface area (TPSA) is 70.5 Å². The summed E-state index contributed by atoms with van der Waals surface area (Å²) >= 11 is 0. The number of fused-ring (bicyclic) bond motifs is 1. The van der Waals surface area contributed by atoms with E-state index >= 15 is 0 Å². The van der Waals surface area contributed by atoms with Crippen LogP contribution >= 0.6 is 0 Å². The first kappa shape index (κ1) is 15.7. The Kier molecular flexibility index (Phi) is 3.52.